The van der Waals surface area contributed by atoms with Gasteiger partial charge < -0.3 is 39.9 Å². The Balaban J connectivity index is 1.41. The maximum atomic E-state index is 14.7. The van der Waals surface area contributed by atoms with E-state index in [-0.39, 0.29) is 79.2 Å². The van der Waals surface area contributed by atoms with Crippen LogP contribution in [0, 0.1) is 23.7 Å². The van der Waals surface area contributed by atoms with Crippen molar-refractivity contribution in [1.29, 1.82) is 0 Å². The summed E-state index contributed by atoms with van der Waals surface area (Å²) in [4.78, 5) is 123. The minimum atomic E-state index is -0.961. The average Bonchev–Trinajstić information content (AvgIpc) is 3.98. The zero-order valence-electron chi connectivity index (χ0n) is 45.3. The van der Waals surface area contributed by atoms with Crippen molar-refractivity contribution in [3.05, 3.63) is 29.8 Å². The predicted molar refractivity (Wildman–Crippen MR) is 270 cm³/mol. The van der Waals surface area contributed by atoms with Crippen LogP contribution in [-0.2, 0) is 63.9 Å². The number of benzene rings is 1. The van der Waals surface area contributed by atoms with Crippen LogP contribution in [0.15, 0.2) is 24.3 Å². The molecule has 9 atom stereocenters. The summed E-state index contributed by atoms with van der Waals surface area (Å²) in [5.74, 6) is -4.55. The van der Waals surface area contributed by atoms with Gasteiger partial charge in [-0.3, -0.25) is 43.3 Å². The number of phenols is 1. The number of hydroxylamine groups is 4. The van der Waals surface area contributed by atoms with Crippen molar-refractivity contribution in [1.82, 2.24) is 35.5 Å². The van der Waals surface area contributed by atoms with Crippen molar-refractivity contribution >= 4 is 47.3 Å². The molecule has 3 saturated heterocycles. The van der Waals surface area contributed by atoms with Gasteiger partial charge in [-0.15, -0.1) is 5.06 Å². The number of nitrogens with zero attached hydrogens (tertiary/aromatic N) is 5. The molecule has 0 spiro atoms. The summed E-state index contributed by atoms with van der Waals surface area (Å²) in [6, 6.07) is 3.00. The van der Waals surface area contributed by atoms with Gasteiger partial charge in [-0.2, -0.15) is 0 Å². The molecule has 1 aromatic carbocycles. The molecular weight excluding hydrogens is 943 g/mol. The first kappa shape index (κ1) is 60.4. The first-order valence-corrected chi connectivity index (χ1v) is 26.4. The van der Waals surface area contributed by atoms with Gasteiger partial charge in [-0.1, -0.05) is 73.4 Å². The van der Waals surface area contributed by atoms with E-state index in [1.807, 2.05) is 53.5 Å². The summed E-state index contributed by atoms with van der Waals surface area (Å²) in [7, 11) is 6.58. The highest BCUT2D eigenvalue weighted by Crippen LogP contribution is 2.30. The molecule has 1 aromatic rings. The summed E-state index contributed by atoms with van der Waals surface area (Å²) in [6.07, 6.45) is 4.02. The van der Waals surface area contributed by atoms with Crippen LogP contribution in [0.2, 0.25) is 0 Å². The number of hydrogen-bond acceptors (Lipinski definition) is 14. The van der Waals surface area contributed by atoms with Crippen molar-refractivity contribution in [2.75, 3.05) is 54.6 Å². The number of unbranched alkanes of at least 4 members (excludes halogenated alkanes) is 2. The van der Waals surface area contributed by atoms with Crippen molar-refractivity contribution in [3.63, 3.8) is 0 Å². The van der Waals surface area contributed by atoms with Gasteiger partial charge in [0.2, 0.25) is 23.6 Å². The number of likely N-dealkylation sites (tertiary alicyclic amines) is 1. The highest BCUT2D eigenvalue weighted by Gasteiger charge is 2.44. The number of methoxy groups -OCH3 is 2. The molecule has 3 fully saturated rings. The molecule has 4 rings (SSSR count). The van der Waals surface area contributed by atoms with E-state index >= 15 is 0 Å². The number of ether oxygens (including phenoxy) is 2. The fraction of sp³-hybridized carbons (Fsp3) is 0.736. The number of carbonyl (C=O) groups is 8. The van der Waals surface area contributed by atoms with Gasteiger partial charge in [0.25, 0.3) is 17.7 Å². The zero-order chi connectivity index (χ0) is 54.1. The Bertz CT molecular complexity index is 2000. The Kier molecular flexibility index (Phi) is 24.0. The van der Waals surface area contributed by atoms with E-state index in [0.29, 0.717) is 69.8 Å². The first-order valence-electron chi connectivity index (χ1n) is 26.4. The predicted octanol–water partition coefficient (Wildman–Crippen LogP) is 4.16. The third-order valence-electron chi connectivity index (χ3n) is 14.7. The SMILES string of the molecule is CCC(C)C(C(CC(=O)N1CCC[C@H]1C(OC)C(C)C(=O)NC(Cc1ccc(O)cc1)C(=O)N1CCCCO1)OC)N(C)C(=O)C(NC(=O)C(C(C)C)N(C)CCCCCC(=O)ON1C(=O)CCC1=O)C(C)C. The summed E-state index contributed by atoms with van der Waals surface area (Å²) in [6.45, 7) is 15.1. The summed E-state index contributed by atoms with van der Waals surface area (Å²) >= 11 is 0. The molecule has 0 aromatic heterocycles. The van der Waals surface area contributed by atoms with Gasteiger partial charge in [0.15, 0.2) is 0 Å². The Morgan fingerprint density at radius 1 is 0.836 bits per heavy atom. The topological polar surface area (TPSA) is 234 Å². The number of imide groups is 1. The third-order valence-corrected chi connectivity index (χ3v) is 14.7. The Labute approximate surface area is 432 Å². The molecule has 0 bridgehead atoms. The minimum absolute atomic E-state index is 0.0274. The van der Waals surface area contributed by atoms with Crippen molar-refractivity contribution in [2.24, 2.45) is 23.7 Å². The molecule has 0 aliphatic carbocycles. The normalized spacial score (nSPS) is 19.6. The molecule has 20 nitrogen and oxygen atoms in total. The summed E-state index contributed by atoms with van der Waals surface area (Å²) in [5, 5.41) is 17.7. The molecule has 7 amide bonds. The molecule has 410 valence electrons. The fourth-order valence-electron chi connectivity index (χ4n) is 10.4. The molecule has 0 radical (unpaired) electrons. The molecule has 73 heavy (non-hydrogen) atoms. The monoisotopic (exact) mass is 1030 g/mol. The van der Waals surface area contributed by atoms with Crippen LogP contribution >= 0.6 is 0 Å². The Morgan fingerprint density at radius 2 is 1.51 bits per heavy atom. The quantitative estimate of drug-likeness (QED) is 0.0791. The van der Waals surface area contributed by atoms with Crippen LogP contribution in [0.25, 0.3) is 0 Å². The lowest BCUT2D eigenvalue weighted by Crippen LogP contribution is -2.60. The number of carbonyl (C=O) groups excluding carboxylic acids is 8. The van der Waals surface area contributed by atoms with Gasteiger partial charge in [0, 0.05) is 60.0 Å². The van der Waals surface area contributed by atoms with Crippen molar-refractivity contribution in [3.8, 4) is 5.75 Å². The molecule has 3 aliphatic rings. The lowest BCUT2D eigenvalue weighted by molar-refractivity contribution is -0.199. The number of rotatable bonds is 28. The number of likely N-dealkylation sites (N-methyl/N-ethyl adjacent to an activating group) is 2. The van der Waals surface area contributed by atoms with E-state index in [1.54, 1.807) is 35.9 Å². The molecule has 3 N–H and O–H groups in total. The van der Waals surface area contributed by atoms with Gasteiger partial charge in [0.1, 0.15) is 17.8 Å². The smallest absolute Gasteiger partial charge is 0.333 e. The van der Waals surface area contributed by atoms with Crippen LogP contribution in [0.5, 0.6) is 5.75 Å². The van der Waals surface area contributed by atoms with E-state index in [4.69, 9.17) is 19.1 Å². The molecular formula is C53H85N7O13. The first-order chi connectivity index (χ1) is 34.6. The van der Waals surface area contributed by atoms with E-state index in [1.165, 1.54) is 31.4 Å². The number of amides is 7. The number of aromatic hydroxyl groups is 1. The van der Waals surface area contributed by atoms with Crippen LogP contribution in [0.1, 0.15) is 131 Å². The maximum absolute atomic E-state index is 14.7. The van der Waals surface area contributed by atoms with E-state index in [9.17, 15) is 43.5 Å². The minimum Gasteiger partial charge on any atom is -0.508 e. The highest BCUT2D eigenvalue weighted by atomic mass is 16.7. The number of hydrogen-bond donors (Lipinski definition) is 3. The standard InChI is InChI=1S/C53H85N7O13/c1-12-35(6)48(57(9)53(69)46(33(2)3)55-51(67)47(34(4)5)56(8)27-15-13-14-20-45(65)73-60-42(62)25-26-43(60)63)41(70-10)32-44(64)58-28-18-19-40(58)49(71-11)36(7)50(66)54-39(31-37-21-23-38(61)24-22-37)52(68)59-29-16-17-30-72-59/h21-24,33-36,39-41,46-49,61H,12-20,25-32H2,1-11H3,(H,54,66)(H,55,67)/t35?,36?,39?,40-,41?,46?,47?,48?,49?/m0/s1. The Morgan fingerprint density at radius 3 is 2.08 bits per heavy atom. The van der Waals surface area contributed by atoms with Gasteiger partial charge >= 0.3 is 5.97 Å². The van der Waals surface area contributed by atoms with Crippen LogP contribution in [-0.4, -0.2) is 174 Å². The Hall–Kier alpha value is -5.18. The van der Waals surface area contributed by atoms with Crippen molar-refractivity contribution in [2.45, 2.75) is 174 Å². The second kappa shape index (κ2) is 29.1. The lowest BCUT2D eigenvalue weighted by atomic mass is 9.89. The number of nitrogens with one attached hydrogen (secondary N) is 2. The second-order valence-corrected chi connectivity index (χ2v) is 20.8. The average molecular weight is 1030 g/mol. The molecule has 20 heteroatoms. The van der Waals surface area contributed by atoms with E-state index in [0.717, 1.165) is 18.4 Å². The van der Waals surface area contributed by atoms with Crippen LogP contribution in [0.4, 0.5) is 0 Å². The number of phenolic OH excluding ortho intramolecular Hbond substituents is 1. The van der Waals surface area contributed by atoms with Gasteiger partial charge in [-0.25, -0.2) is 9.86 Å². The summed E-state index contributed by atoms with van der Waals surface area (Å²) in [5.41, 5.74) is 0.736. The van der Waals surface area contributed by atoms with Crippen LogP contribution < -0.4 is 10.6 Å². The molecule has 3 heterocycles. The largest absolute Gasteiger partial charge is 0.508 e. The maximum Gasteiger partial charge on any atom is 0.333 e. The lowest BCUT2D eigenvalue weighted by Gasteiger charge is -2.41. The zero-order valence-corrected chi connectivity index (χ0v) is 45.3. The third kappa shape index (κ3) is 16.7. The molecule has 8 unspecified atom stereocenters. The molecule has 3 aliphatic heterocycles. The van der Waals surface area contributed by atoms with Gasteiger partial charge in [-0.05, 0) is 87.6 Å². The van der Waals surface area contributed by atoms with E-state index < -0.39 is 72.0 Å². The van der Waals surface area contributed by atoms with Crippen molar-refractivity contribution < 1.29 is 62.6 Å². The van der Waals surface area contributed by atoms with E-state index in [2.05, 4.69) is 10.6 Å². The second-order valence-electron chi connectivity index (χ2n) is 20.8. The van der Waals surface area contributed by atoms with Gasteiger partial charge in [0.05, 0.1) is 49.3 Å². The summed E-state index contributed by atoms with van der Waals surface area (Å²) < 4.78 is 12.1. The molecule has 0 saturated carbocycles. The highest BCUT2D eigenvalue weighted by molar-refractivity contribution is 6.01. The fourth-order valence-corrected chi connectivity index (χ4v) is 10.4. The van der Waals surface area contributed by atoms with Crippen LogP contribution in [0.3, 0.4) is 0 Å².